The quantitative estimate of drug-likeness (QED) is 0.776. The Bertz CT molecular complexity index is 626. The number of carbonyl (C=O) groups is 2. The van der Waals surface area contributed by atoms with Crippen LogP contribution in [0, 0.1) is 11.7 Å². The molecule has 2 fully saturated rings. The van der Waals surface area contributed by atoms with Crippen molar-refractivity contribution in [1.29, 1.82) is 0 Å². The Morgan fingerprint density at radius 2 is 1.88 bits per heavy atom. The summed E-state index contributed by atoms with van der Waals surface area (Å²) in [5.74, 6) is -1.50. The zero-order valence-electron chi connectivity index (χ0n) is 13.1. The van der Waals surface area contributed by atoms with Gasteiger partial charge in [0, 0.05) is 28.6 Å². The number of urea groups is 1. The normalized spacial score (nSPS) is 28.9. The number of nitrogens with one attached hydrogen (secondary N) is 2. The molecule has 0 aromatic heterocycles. The van der Waals surface area contributed by atoms with Crippen LogP contribution in [0.25, 0.3) is 0 Å². The van der Waals surface area contributed by atoms with Crippen molar-refractivity contribution in [2.24, 2.45) is 5.92 Å². The van der Waals surface area contributed by atoms with E-state index in [1.165, 1.54) is 6.07 Å². The van der Waals surface area contributed by atoms with E-state index in [0.29, 0.717) is 42.7 Å². The lowest BCUT2D eigenvalue weighted by Gasteiger charge is -2.26. The summed E-state index contributed by atoms with van der Waals surface area (Å²) < 4.78 is 13.9. The summed E-state index contributed by atoms with van der Waals surface area (Å²) in [7, 11) is 0. The first-order valence-electron chi connectivity index (χ1n) is 8.19. The zero-order chi connectivity index (χ0) is 17.3. The molecule has 7 heteroatoms. The molecule has 0 spiro atoms. The van der Waals surface area contributed by atoms with Crippen LogP contribution in [0.5, 0.6) is 0 Å². The number of carboxylic acids is 1. The third kappa shape index (κ3) is 3.80. The average molecular weight is 355 g/mol. The van der Waals surface area contributed by atoms with Crippen LogP contribution >= 0.6 is 11.6 Å². The second-order valence-electron chi connectivity index (χ2n) is 6.59. The molecule has 0 unspecified atom stereocenters. The molecule has 2 aliphatic rings. The molecule has 0 radical (unpaired) electrons. The standard InChI is InChI=1S/C17H20ClFN2O3/c18-12-2-1-3-13(19)15(12)11-8-14(11)21-17(24)20-10-6-4-9(5-7-10)16(22)23/h1-3,9-11,14H,4-8H2,(H,22,23)(H2,20,21,24)/t9?,10?,11-,14-/m1/s1. The summed E-state index contributed by atoms with van der Waals surface area (Å²) in [5, 5.41) is 15.1. The highest BCUT2D eigenvalue weighted by Gasteiger charge is 2.42. The summed E-state index contributed by atoms with van der Waals surface area (Å²) in [4.78, 5) is 23.0. The third-order valence-electron chi connectivity index (χ3n) is 4.89. The Hall–Kier alpha value is -1.82. The SMILES string of the molecule is O=C(NC1CCC(C(=O)O)CC1)N[C@@H]1C[C@H]1c1c(F)cccc1Cl. The van der Waals surface area contributed by atoms with Gasteiger partial charge in [0.25, 0.3) is 0 Å². The van der Waals surface area contributed by atoms with Gasteiger partial charge in [-0.2, -0.15) is 0 Å². The van der Waals surface area contributed by atoms with Gasteiger partial charge in [-0.15, -0.1) is 0 Å². The molecule has 3 rings (SSSR count). The molecule has 0 aliphatic heterocycles. The van der Waals surface area contributed by atoms with Gasteiger partial charge in [0.05, 0.1) is 5.92 Å². The lowest BCUT2D eigenvalue weighted by molar-refractivity contribution is -0.142. The van der Waals surface area contributed by atoms with Gasteiger partial charge in [-0.3, -0.25) is 4.79 Å². The molecule has 1 aromatic carbocycles. The molecule has 2 saturated carbocycles. The van der Waals surface area contributed by atoms with Crippen LogP contribution in [0.3, 0.4) is 0 Å². The number of benzene rings is 1. The van der Waals surface area contributed by atoms with E-state index in [0.717, 1.165) is 0 Å². The van der Waals surface area contributed by atoms with E-state index in [9.17, 15) is 14.0 Å². The van der Waals surface area contributed by atoms with Gasteiger partial charge in [-0.05, 0) is 44.2 Å². The van der Waals surface area contributed by atoms with Crippen molar-refractivity contribution in [1.82, 2.24) is 10.6 Å². The highest BCUT2D eigenvalue weighted by Crippen LogP contribution is 2.44. The smallest absolute Gasteiger partial charge is 0.315 e. The topological polar surface area (TPSA) is 78.4 Å². The van der Waals surface area contributed by atoms with Gasteiger partial charge in [0.15, 0.2) is 0 Å². The molecular formula is C17H20ClFN2O3. The fraction of sp³-hybridized carbons (Fsp3) is 0.529. The highest BCUT2D eigenvalue weighted by molar-refractivity contribution is 6.31. The number of carboxylic acid groups (broad SMARTS) is 1. The van der Waals surface area contributed by atoms with Gasteiger partial charge in [0.1, 0.15) is 5.82 Å². The van der Waals surface area contributed by atoms with Crippen LogP contribution in [0.15, 0.2) is 18.2 Å². The van der Waals surface area contributed by atoms with E-state index >= 15 is 0 Å². The van der Waals surface area contributed by atoms with Gasteiger partial charge >= 0.3 is 12.0 Å². The van der Waals surface area contributed by atoms with Gasteiger partial charge in [-0.1, -0.05) is 17.7 Å². The fourth-order valence-electron chi connectivity index (χ4n) is 3.42. The van der Waals surface area contributed by atoms with Crippen LogP contribution in [-0.2, 0) is 4.79 Å². The average Bonchev–Trinajstić information content (AvgIpc) is 3.26. The molecule has 2 atom stereocenters. The maximum atomic E-state index is 13.9. The zero-order valence-corrected chi connectivity index (χ0v) is 13.9. The van der Waals surface area contributed by atoms with Crippen molar-refractivity contribution in [3.63, 3.8) is 0 Å². The molecule has 0 saturated heterocycles. The van der Waals surface area contributed by atoms with E-state index in [2.05, 4.69) is 10.6 Å². The van der Waals surface area contributed by atoms with Crippen molar-refractivity contribution >= 4 is 23.6 Å². The summed E-state index contributed by atoms with van der Waals surface area (Å²) in [6.45, 7) is 0. The lowest BCUT2D eigenvalue weighted by Crippen LogP contribution is -2.45. The Kier molecular flexibility index (Phi) is 4.94. The summed E-state index contributed by atoms with van der Waals surface area (Å²) in [6, 6.07) is 4.18. The molecule has 0 bridgehead atoms. The molecule has 0 heterocycles. The number of aliphatic carboxylic acids is 1. The predicted molar refractivity (Wildman–Crippen MR) is 87.6 cm³/mol. The number of amides is 2. The molecule has 5 nitrogen and oxygen atoms in total. The molecule has 2 amide bonds. The Balaban J connectivity index is 1.47. The first kappa shape index (κ1) is 17.0. The van der Waals surface area contributed by atoms with Crippen molar-refractivity contribution in [2.75, 3.05) is 0 Å². The molecule has 130 valence electrons. The van der Waals surface area contributed by atoms with Crippen LogP contribution in [-0.4, -0.2) is 29.2 Å². The Morgan fingerprint density at radius 3 is 2.50 bits per heavy atom. The van der Waals surface area contributed by atoms with Crippen LogP contribution in [0.2, 0.25) is 5.02 Å². The van der Waals surface area contributed by atoms with E-state index in [-0.39, 0.29) is 35.8 Å². The van der Waals surface area contributed by atoms with E-state index < -0.39 is 5.97 Å². The van der Waals surface area contributed by atoms with Crippen molar-refractivity contribution in [3.8, 4) is 0 Å². The Labute approximate surface area is 144 Å². The minimum absolute atomic E-state index is 0.00477. The molecule has 2 aliphatic carbocycles. The second kappa shape index (κ2) is 6.97. The molecule has 24 heavy (non-hydrogen) atoms. The van der Waals surface area contributed by atoms with Crippen LogP contribution in [0.1, 0.15) is 43.6 Å². The van der Waals surface area contributed by atoms with E-state index in [1.54, 1.807) is 12.1 Å². The molecular weight excluding hydrogens is 335 g/mol. The number of carbonyl (C=O) groups excluding carboxylic acids is 1. The largest absolute Gasteiger partial charge is 0.481 e. The number of halogens is 2. The predicted octanol–water partition coefficient (Wildman–Crippen LogP) is 3.28. The minimum Gasteiger partial charge on any atom is -0.481 e. The Morgan fingerprint density at radius 1 is 1.17 bits per heavy atom. The van der Waals surface area contributed by atoms with Crippen molar-refractivity contribution < 1.29 is 19.1 Å². The van der Waals surface area contributed by atoms with Crippen molar-refractivity contribution in [3.05, 3.63) is 34.6 Å². The van der Waals surface area contributed by atoms with Gasteiger partial charge in [-0.25, -0.2) is 9.18 Å². The van der Waals surface area contributed by atoms with Gasteiger partial charge < -0.3 is 15.7 Å². The van der Waals surface area contributed by atoms with E-state index in [1.807, 2.05) is 0 Å². The number of hydrogen-bond donors (Lipinski definition) is 3. The van der Waals surface area contributed by atoms with Crippen LogP contribution < -0.4 is 10.6 Å². The minimum atomic E-state index is -0.763. The van der Waals surface area contributed by atoms with Crippen LogP contribution in [0.4, 0.5) is 9.18 Å². The highest BCUT2D eigenvalue weighted by atomic mass is 35.5. The first-order chi connectivity index (χ1) is 11.5. The number of rotatable bonds is 4. The lowest BCUT2D eigenvalue weighted by atomic mass is 9.86. The number of hydrogen-bond acceptors (Lipinski definition) is 2. The summed E-state index contributed by atoms with van der Waals surface area (Å²) in [6.07, 6.45) is 3.16. The second-order valence-corrected chi connectivity index (χ2v) is 7.00. The van der Waals surface area contributed by atoms with Gasteiger partial charge in [0.2, 0.25) is 0 Å². The van der Waals surface area contributed by atoms with E-state index in [4.69, 9.17) is 16.7 Å². The van der Waals surface area contributed by atoms with Crippen molar-refractivity contribution in [2.45, 2.75) is 50.1 Å². The summed E-state index contributed by atoms with van der Waals surface area (Å²) in [5.41, 5.74) is 0.464. The molecule has 1 aromatic rings. The maximum absolute atomic E-state index is 13.9. The third-order valence-corrected chi connectivity index (χ3v) is 5.22. The summed E-state index contributed by atoms with van der Waals surface area (Å²) >= 11 is 6.04. The monoisotopic (exact) mass is 354 g/mol. The fourth-order valence-corrected chi connectivity index (χ4v) is 3.72. The molecule has 3 N–H and O–H groups in total. The first-order valence-corrected chi connectivity index (χ1v) is 8.57. The maximum Gasteiger partial charge on any atom is 0.315 e.